The predicted molar refractivity (Wildman–Crippen MR) is 39.0 cm³/mol. The van der Waals surface area contributed by atoms with Gasteiger partial charge in [-0.15, -0.1) is 0 Å². The van der Waals surface area contributed by atoms with E-state index in [1.165, 1.54) is 12.8 Å². The zero-order valence-corrected chi connectivity index (χ0v) is 6.22. The standard InChI is InChI=1S/C7H16N2/c1-5(2)9-7(8)6-3-4-6/h5-7,9H,3-4,8H2,1-2H3. The molecule has 0 aromatic carbocycles. The molecule has 0 spiro atoms. The summed E-state index contributed by atoms with van der Waals surface area (Å²) in [6.07, 6.45) is 2.90. The molecular weight excluding hydrogens is 112 g/mol. The van der Waals surface area contributed by atoms with Crippen LogP contribution in [0, 0.1) is 5.92 Å². The van der Waals surface area contributed by atoms with Crippen LogP contribution in [0.3, 0.4) is 0 Å². The molecule has 1 fully saturated rings. The Kier molecular flexibility index (Phi) is 2.09. The van der Waals surface area contributed by atoms with Crippen molar-refractivity contribution >= 4 is 0 Å². The summed E-state index contributed by atoms with van der Waals surface area (Å²) in [5, 5.41) is 3.28. The minimum absolute atomic E-state index is 0.255. The summed E-state index contributed by atoms with van der Waals surface area (Å²) in [6, 6.07) is 0.528. The first-order valence-corrected chi connectivity index (χ1v) is 3.72. The number of nitrogens with two attached hydrogens (primary N) is 1. The van der Waals surface area contributed by atoms with Gasteiger partial charge in [0.1, 0.15) is 0 Å². The smallest absolute Gasteiger partial charge is 0.0577 e. The minimum atomic E-state index is 0.255. The molecular formula is C7H16N2. The van der Waals surface area contributed by atoms with E-state index in [0.717, 1.165) is 5.92 Å². The van der Waals surface area contributed by atoms with Gasteiger partial charge in [0.05, 0.1) is 6.17 Å². The van der Waals surface area contributed by atoms with Crippen LogP contribution in [0.4, 0.5) is 0 Å². The van der Waals surface area contributed by atoms with Crippen LogP contribution >= 0.6 is 0 Å². The van der Waals surface area contributed by atoms with E-state index < -0.39 is 0 Å². The Morgan fingerprint density at radius 1 is 1.44 bits per heavy atom. The van der Waals surface area contributed by atoms with Crippen molar-refractivity contribution in [3.8, 4) is 0 Å². The molecule has 0 radical (unpaired) electrons. The predicted octanol–water partition coefficient (Wildman–Crippen LogP) is 0.679. The Morgan fingerprint density at radius 2 is 2.00 bits per heavy atom. The highest BCUT2D eigenvalue weighted by Gasteiger charge is 2.28. The Morgan fingerprint density at radius 3 is 2.33 bits per heavy atom. The number of hydrogen-bond donors (Lipinski definition) is 2. The first-order chi connectivity index (χ1) is 4.20. The lowest BCUT2D eigenvalue weighted by molar-refractivity contribution is 0.434. The van der Waals surface area contributed by atoms with E-state index in [-0.39, 0.29) is 6.17 Å². The Bertz CT molecular complexity index is 86.9. The second kappa shape index (κ2) is 2.67. The van der Waals surface area contributed by atoms with Crippen molar-refractivity contribution < 1.29 is 0 Å². The van der Waals surface area contributed by atoms with Gasteiger partial charge in [-0.05, 0) is 32.6 Å². The lowest BCUT2D eigenvalue weighted by Crippen LogP contribution is -2.43. The molecule has 0 amide bonds. The summed E-state index contributed by atoms with van der Waals surface area (Å²) in [6.45, 7) is 4.25. The molecule has 3 N–H and O–H groups in total. The fourth-order valence-corrected chi connectivity index (χ4v) is 0.976. The van der Waals surface area contributed by atoms with Gasteiger partial charge in [0, 0.05) is 6.04 Å². The van der Waals surface area contributed by atoms with Crippen molar-refractivity contribution in [1.29, 1.82) is 0 Å². The maximum Gasteiger partial charge on any atom is 0.0577 e. The second-order valence-electron chi connectivity index (χ2n) is 3.18. The van der Waals surface area contributed by atoms with Crippen molar-refractivity contribution in [2.24, 2.45) is 11.7 Å². The van der Waals surface area contributed by atoms with Crippen LogP contribution in [-0.4, -0.2) is 12.2 Å². The number of hydrogen-bond acceptors (Lipinski definition) is 2. The van der Waals surface area contributed by atoms with E-state index in [1.807, 2.05) is 0 Å². The maximum atomic E-state index is 5.77. The molecule has 1 saturated carbocycles. The lowest BCUT2D eigenvalue weighted by Gasteiger charge is -2.15. The Labute approximate surface area is 56.8 Å². The van der Waals surface area contributed by atoms with Gasteiger partial charge >= 0.3 is 0 Å². The summed E-state index contributed by atoms with van der Waals surface area (Å²) in [7, 11) is 0. The van der Waals surface area contributed by atoms with Gasteiger partial charge in [-0.25, -0.2) is 0 Å². The third-order valence-corrected chi connectivity index (χ3v) is 1.66. The maximum absolute atomic E-state index is 5.77. The molecule has 0 saturated heterocycles. The molecule has 1 unspecified atom stereocenters. The van der Waals surface area contributed by atoms with Gasteiger partial charge in [0.15, 0.2) is 0 Å². The topological polar surface area (TPSA) is 38.0 Å². The van der Waals surface area contributed by atoms with Gasteiger partial charge in [0.2, 0.25) is 0 Å². The molecule has 9 heavy (non-hydrogen) atoms. The average molecular weight is 128 g/mol. The van der Waals surface area contributed by atoms with Crippen LogP contribution in [-0.2, 0) is 0 Å². The summed E-state index contributed by atoms with van der Waals surface area (Å²) in [5.74, 6) is 0.771. The molecule has 2 heteroatoms. The van der Waals surface area contributed by atoms with Gasteiger partial charge in [-0.1, -0.05) is 0 Å². The van der Waals surface area contributed by atoms with E-state index in [1.54, 1.807) is 0 Å². The van der Waals surface area contributed by atoms with Crippen LogP contribution in [0.15, 0.2) is 0 Å². The van der Waals surface area contributed by atoms with Crippen LogP contribution in [0.1, 0.15) is 26.7 Å². The van der Waals surface area contributed by atoms with Crippen LogP contribution in [0.5, 0.6) is 0 Å². The molecule has 0 aromatic rings. The molecule has 0 heterocycles. The highest BCUT2D eigenvalue weighted by atomic mass is 15.1. The summed E-state index contributed by atoms with van der Waals surface area (Å²) in [5.41, 5.74) is 5.77. The zero-order chi connectivity index (χ0) is 6.85. The molecule has 1 atom stereocenters. The van der Waals surface area contributed by atoms with Gasteiger partial charge in [-0.2, -0.15) is 0 Å². The molecule has 0 aliphatic heterocycles. The summed E-state index contributed by atoms with van der Waals surface area (Å²) in [4.78, 5) is 0. The van der Waals surface area contributed by atoms with Crippen molar-refractivity contribution in [3.63, 3.8) is 0 Å². The monoisotopic (exact) mass is 128 g/mol. The lowest BCUT2D eigenvalue weighted by atomic mass is 10.3. The SMILES string of the molecule is CC(C)NC(N)C1CC1. The fourth-order valence-electron chi connectivity index (χ4n) is 0.976. The van der Waals surface area contributed by atoms with E-state index in [9.17, 15) is 0 Å². The zero-order valence-electron chi connectivity index (χ0n) is 6.22. The second-order valence-corrected chi connectivity index (χ2v) is 3.18. The van der Waals surface area contributed by atoms with E-state index >= 15 is 0 Å². The van der Waals surface area contributed by atoms with Gasteiger partial charge in [-0.3, -0.25) is 5.32 Å². The van der Waals surface area contributed by atoms with Crippen LogP contribution < -0.4 is 11.1 Å². The van der Waals surface area contributed by atoms with Crippen LogP contribution in [0.2, 0.25) is 0 Å². The van der Waals surface area contributed by atoms with Crippen molar-refractivity contribution in [1.82, 2.24) is 5.32 Å². The molecule has 54 valence electrons. The Hall–Kier alpha value is -0.0800. The molecule has 0 bridgehead atoms. The normalized spacial score (nSPS) is 22.7. The van der Waals surface area contributed by atoms with Gasteiger partial charge in [0.25, 0.3) is 0 Å². The number of rotatable bonds is 3. The highest BCUT2D eigenvalue weighted by Crippen LogP contribution is 2.30. The van der Waals surface area contributed by atoms with Crippen LogP contribution in [0.25, 0.3) is 0 Å². The Balaban J connectivity index is 2.10. The summed E-state index contributed by atoms with van der Waals surface area (Å²) >= 11 is 0. The molecule has 0 aromatic heterocycles. The first kappa shape index (κ1) is 7.03. The van der Waals surface area contributed by atoms with Gasteiger partial charge < -0.3 is 5.73 Å². The third kappa shape index (κ3) is 2.33. The quantitative estimate of drug-likeness (QED) is 0.548. The minimum Gasteiger partial charge on any atom is -0.316 e. The van der Waals surface area contributed by atoms with Crippen molar-refractivity contribution in [2.45, 2.75) is 38.9 Å². The number of nitrogens with one attached hydrogen (secondary N) is 1. The van der Waals surface area contributed by atoms with E-state index in [0.29, 0.717) is 6.04 Å². The van der Waals surface area contributed by atoms with E-state index in [2.05, 4.69) is 19.2 Å². The highest BCUT2D eigenvalue weighted by molar-refractivity contribution is 4.82. The summed E-state index contributed by atoms with van der Waals surface area (Å²) < 4.78 is 0. The molecule has 1 rings (SSSR count). The van der Waals surface area contributed by atoms with Crippen molar-refractivity contribution in [2.75, 3.05) is 0 Å². The molecule has 1 aliphatic rings. The molecule has 2 nitrogen and oxygen atoms in total. The largest absolute Gasteiger partial charge is 0.316 e. The third-order valence-electron chi connectivity index (χ3n) is 1.66. The van der Waals surface area contributed by atoms with Crippen molar-refractivity contribution in [3.05, 3.63) is 0 Å². The van der Waals surface area contributed by atoms with E-state index in [4.69, 9.17) is 5.73 Å². The average Bonchev–Trinajstić information content (AvgIpc) is 2.40. The first-order valence-electron chi connectivity index (χ1n) is 3.72. The molecule has 1 aliphatic carbocycles. The fraction of sp³-hybridized carbons (Fsp3) is 1.00.